The Kier molecular flexibility index (Phi) is 3.26. The summed E-state index contributed by atoms with van der Waals surface area (Å²) < 4.78 is 11.1. The maximum Gasteiger partial charge on any atom is 0.163 e. The minimum absolute atomic E-state index is 0.165. The fraction of sp³-hybridized carbons (Fsp3) is 0.294. The number of pyridine rings is 1. The highest BCUT2D eigenvalue weighted by Crippen LogP contribution is 2.35. The van der Waals surface area contributed by atoms with Crippen LogP contribution >= 0.6 is 11.6 Å². The summed E-state index contributed by atoms with van der Waals surface area (Å²) in [6, 6.07) is 5.64. The van der Waals surface area contributed by atoms with Crippen LogP contribution in [0.1, 0.15) is 18.4 Å². The van der Waals surface area contributed by atoms with Gasteiger partial charge in [0.25, 0.3) is 0 Å². The van der Waals surface area contributed by atoms with E-state index in [0.717, 1.165) is 29.3 Å². The van der Waals surface area contributed by atoms with Crippen molar-refractivity contribution in [3.05, 3.63) is 35.0 Å². The SMILES string of the molecule is O=C(C=Cc1cc2cc3c(cc2nc1Cl)OCCO3)C1CC1. The molecular weight excluding hydrogens is 302 g/mol. The van der Waals surface area contributed by atoms with Gasteiger partial charge in [0.05, 0.1) is 5.52 Å². The third kappa shape index (κ3) is 2.55. The molecule has 5 heteroatoms. The summed E-state index contributed by atoms with van der Waals surface area (Å²) in [5.74, 6) is 1.78. The Bertz CT molecular complexity index is 796. The van der Waals surface area contributed by atoms with Gasteiger partial charge in [0.2, 0.25) is 0 Å². The molecule has 1 aromatic heterocycles. The molecule has 22 heavy (non-hydrogen) atoms. The number of allylic oxidation sites excluding steroid dienone is 1. The summed E-state index contributed by atoms with van der Waals surface area (Å²) in [7, 11) is 0. The zero-order valence-electron chi connectivity index (χ0n) is 11.8. The van der Waals surface area contributed by atoms with E-state index < -0.39 is 0 Å². The van der Waals surface area contributed by atoms with Gasteiger partial charge in [-0.3, -0.25) is 4.79 Å². The Hall–Kier alpha value is -2.07. The minimum Gasteiger partial charge on any atom is -0.486 e. The summed E-state index contributed by atoms with van der Waals surface area (Å²) in [5, 5.41) is 1.29. The lowest BCUT2D eigenvalue weighted by Crippen LogP contribution is -2.15. The predicted octanol–water partition coefficient (Wildman–Crippen LogP) is 3.65. The van der Waals surface area contributed by atoms with Gasteiger partial charge >= 0.3 is 0 Å². The zero-order valence-corrected chi connectivity index (χ0v) is 12.6. The molecule has 1 aliphatic heterocycles. The van der Waals surface area contributed by atoms with E-state index in [1.54, 1.807) is 12.2 Å². The average molecular weight is 316 g/mol. The number of halogens is 1. The van der Waals surface area contributed by atoms with Gasteiger partial charge in [0.15, 0.2) is 17.3 Å². The molecule has 2 aromatic rings. The molecule has 4 rings (SSSR count). The highest BCUT2D eigenvalue weighted by molar-refractivity contribution is 6.31. The van der Waals surface area contributed by atoms with Crippen LogP contribution in [0.15, 0.2) is 24.3 Å². The number of hydrogen-bond donors (Lipinski definition) is 0. The Balaban J connectivity index is 1.72. The van der Waals surface area contributed by atoms with Gasteiger partial charge < -0.3 is 9.47 Å². The molecule has 0 atom stereocenters. The van der Waals surface area contributed by atoms with E-state index in [2.05, 4.69) is 4.98 Å². The van der Waals surface area contributed by atoms with E-state index in [-0.39, 0.29) is 11.7 Å². The number of ketones is 1. The van der Waals surface area contributed by atoms with Crippen molar-refractivity contribution in [2.45, 2.75) is 12.8 Å². The molecule has 1 aliphatic carbocycles. The molecule has 0 amide bonds. The van der Waals surface area contributed by atoms with Gasteiger partial charge in [-0.1, -0.05) is 11.6 Å². The summed E-state index contributed by atoms with van der Waals surface area (Å²) in [6.07, 6.45) is 5.34. The molecule has 0 saturated heterocycles. The molecule has 0 spiro atoms. The first-order valence-corrected chi connectivity index (χ1v) is 7.70. The van der Waals surface area contributed by atoms with Crippen LogP contribution in [0.2, 0.25) is 5.15 Å². The van der Waals surface area contributed by atoms with Crippen LogP contribution in [-0.2, 0) is 4.79 Å². The molecule has 1 saturated carbocycles. The van der Waals surface area contributed by atoms with Crippen molar-refractivity contribution in [1.82, 2.24) is 4.98 Å². The largest absolute Gasteiger partial charge is 0.486 e. The molecular formula is C17H14ClNO3. The Morgan fingerprint density at radius 2 is 1.91 bits per heavy atom. The molecule has 4 nitrogen and oxygen atoms in total. The lowest BCUT2D eigenvalue weighted by molar-refractivity contribution is -0.115. The molecule has 112 valence electrons. The van der Waals surface area contributed by atoms with Crippen LogP contribution in [0.25, 0.3) is 17.0 Å². The minimum atomic E-state index is 0.165. The number of nitrogens with zero attached hydrogens (tertiary/aromatic N) is 1. The fourth-order valence-corrected chi connectivity index (χ4v) is 2.70. The lowest BCUT2D eigenvalue weighted by Gasteiger charge is -2.18. The van der Waals surface area contributed by atoms with Crippen molar-refractivity contribution in [1.29, 1.82) is 0 Å². The van der Waals surface area contributed by atoms with E-state index >= 15 is 0 Å². The lowest BCUT2D eigenvalue weighted by atomic mass is 10.1. The van der Waals surface area contributed by atoms with E-state index in [9.17, 15) is 4.79 Å². The molecule has 2 aliphatic rings. The monoisotopic (exact) mass is 315 g/mol. The smallest absolute Gasteiger partial charge is 0.163 e. The summed E-state index contributed by atoms with van der Waals surface area (Å²) in [6.45, 7) is 1.08. The number of carbonyl (C=O) groups is 1. The van der Waals surface area contributed by atoms with E-state index in [4.69, 9.17) is 21.1 Å². The maximum atomic E-state index is 11.8. The standard InChI is InChI=1S/C17H14ClNO3/c18-17-11(3-4-14(20)10-1-2-10)7-12-8-15-16(9-13(12)19-17)22-6-5-21-15/h3-4,7-10H,1-2,5-6H2. The number of rotatable bonds is 3. The highest BCUT2D eigenvalue weighted by Gasteiger charge is 2.27. The van der Waals surface area contributed by atoms with Gasteiger partial charge in [0.1, 0.15) is 18.4 Å². The Morgan fingerprint density at radius 1 is 1.18 bits per heavy atom. The molecule has 1 aromatic carbocycles. The van der Waals surface area contributed by atoms with Gasteiger partial charge in [0, 0.05) is 22.9 Å². The number of fused-ring (bicyclic) bond motifs is 2. The van der Waals surface area contributed by atoms with Crippen molar-refractivity contribution in [3.8, 4) is 11.5 Å². The van der Waals surface area contributed by atoms with Crippen LogP contribution in [0.5, 0.6) is 11.5 Å². The first-order chi connectivity index (χ1) is 10.7. The maximum absolute atomic E-state index is 11.8. The van der Waals surface area contributed by atoms with Crippen LogP contribution in [0, 0.1) is 5.92 Å². The predicted molar refractivity (Wildman–Crippen MR) is 84.5 cm³/mol. The van der Waals surface area contributed by atoms with E-state index in [1.807, 2.05) is 18.2 Å². The summed E-state index contributed by atoms with van der Waals surface area (Å²) >= 11 is 6.22. The van der Waals surface area contributed by atoms with Gasteiger partial charge in [-0.2, -0.15) is 0 Å². The second kappa shape index (κ2) is 5.29. The Labute approximate surface area is 132 Å². The summed E-state index contributed by atoms with van der Waals surface area (Å²) in [5.41, 5.74) is 1.49. The van der Waals surface area contributed by atoms with Crippen molar-refractivity contribution in [3.63, 3.8) is 0 Å². The first-order valence-electron chi connectivity index (χ1n) is 7.32. The van der Waals surface area contributed by atoms with Crippen molar-refractivity contribution in [2.24, 2.45) is 5.92 Å². The van der Waals surface area contributed by atoms with Crippen LogP contribution in [0.3, 0.4) is 0 Å². The van der Waals surface area contributed by atoms with Crippen molar-refractivity contribution >= 4 is 34.4 Å². The van der Waals surface area contributed by atoms with Crippen LogP contribution < -0.4 is 9.47 Å². The molecule has 2 heterocycles. The molecule has 0 N–H and O–H groups in total. The number of hydrogen-bond acceptors (Lipinski definition) is 4. The molecule has 0 unspecified atom stereocenters. The molecule has 1 fully saturated rings. The number of benzene rings is 1. The van der Waals surface area contributed by atoms with Gasteiger partial charge in [-0.25, -0.2) is 4.98 Å². The first kappa shape index (κ1) is 13.6. The van der Waals surface area contributed by atoms with Crippen molar-refractivity contribution < 1.29 is 14.3 Å². The van der Waals surface area contributed by atoms with Crippen LogP contribution in [-0.4, -0.2) is 24.0 Å². The third-order valence-corrected chi connectivity index (χ3v) is 4.17. The topological polar surface area (TPSA) is 48.4 Å². The average Bonchev–Trinajstić information content (AvgIpc) is 3.35. The van der Waals surface area contributed by atoms with Gasteiger partial charge in [-0.15, -0.1) is 0 Å². The van der Waals surface area contributed by atoms with E-state index in [0.29, 0.717) is 29.9 Å². The normalized spacial score (nSPS) is 17.1. The number of ether oxygens (including phenoxy) is 2. The highest BCUT2D eigenvalue weighted by atomic mass is 35.5. The fourth-order valence-electron chi connectivity index (χ4n) is 2.50. The second-order valence-electron chi connectivity index (χ2n) is 5.57. The van der Waals surface area contributed by atoms with E-state index in [1.165, 1.54) is 0 Å². The second-order valence-corrected chi connectivity index (χ2v) is 5.92. The number of aromatic nitrogens is 1. The summed E-state index contributed by atoms with van der Waals surface area (Å²) in [4.78, 5) is 16.1. The Morgan fingerprint density at radius 3 is 2.64 bits per heavy atom. The van der Waals surface area contributed by atoms with Crippen molar-refractivity contribution in [2.75, 3.05) is 13.2 Å². The van der Waals surface area contributed by atoms with Crippen LogP contribution in [0.4, 0.5) is 0 Å². The van der Waals surface area contributed by atoms with Gasteiger partial charge in [-0.05, 0) is 37.1 Å². The number of carbonyl (C=O) groups excluding carboxylic acids is 1. The zero-order chi connectivity index (χ0) is 15.1. The third-order valence-electron chi connectivity index (χ3n) is 3.87. The quantitative estimate of drug-likeness (QED) is 0.641. The molecule has 0 bridgehead atoms. The molecule has 0 radical (unpaired) electrons.